The van der Waals surface area contributed by atoms with Crippen LogP contribution in [0.2, 0.25) is 0 Å². The Morgan fingerprint density at radius 2 is 1.86 bits per heavy atom. The Kier molecular flexibility index (Phi) is 5.97. The minimum Gasteiger partial charge on any atom is -0.384 e. The fourth-order valence-corrected chi connectivity index (χ4v) is 0.981. The molecule has 0 atom stereocenters. The Hall–Kier alpha value is -1.02. The van der Waals surface area contributed by atoms with E-state index in [0.717, 1.165) is 12.1 Å². The van der Waals surface area contributed by atoms with Crippen molar-refractivity contribution in [3.8, 4) is 0 Å². The molecule has 1 aromatic rings. The van der Waals surface area contributed by atoms with Gasteiger partial charge in [0.05, 0.1) is 0 Å². The summed E-state index contributed by atoms with van der Waals surface area (Å²) in [7, 11) is 0. The first kappa shape index (κ1) is 13.0. The van der Waals surface area contributed by atoms with E-state index in [0.29, 0.717) is 11.8 Å². The van der Waals surface area contributed by atoms with E-state index < -0.39 is 0 Å². The molecule has 0 amide bonds. The molecule has 1 rings (SSSR count). The maximum atomic E-state index is 5.79. The van der Waals surface area contributed by atoms with Crippen LogP contribution in [0.3, 0.4) is 0 Å². The Balaban J connectivity index is 0.00000169. The zero-order chi connectivity index (χ0) is 9.68. The maximum absolute atomic E-state index is 5.79. The average Bonchev–Trinajstić information content (AvgIpc) is 2.15. The maximum Gasteiger partial charge on any atom is 0.125 e. The van der Waals surface area contributed by atoms with Gasteiger partial charge >= 0.3 is 0 Å². The summed E-state index contributed by atoms with van der Waals surface area (Å²) >= 11 is 0. The minimum atomic E-state index is 0. The van der Waals surface area contributed by atoms with Gasteiger partial charge in [0, 0.05) is 12.1 Å². The zero-order valence-electron chi connectivity index (χ0n) is 8.60. The molecule has 0 spiro atoms. The number of hydrogen-bond donors (Lipinski definition) is 1. The van der Waals surface area contributed by atoms with Gasteiger partial charge in [0.2, 0.25) is 0 Å². The SMILES string of the molecule is CC(C)CN=C(N)c1ccccc1.Cl. The number of nitrogens with zero attached hydrogens (tertiary/aromatic N) is 1. The standard InChI is InChI=1S/C11H16N2.ClH/c1-9(2)8-13-11(12)10-6-4-3-5-7-10;/h3-7,9H,8H2,1-2H3,(H2,12,13);1H. The second-order valence-corrected chi connectivity index (χ2v) is 3.49. The van der Waals surface area contributed by atoms with Crippen molar-refractivity contribution in [2.24, 2.45) is 16.6 Å². The van der Waals surface area contributed by atoms with Gasteiger partial charge in [-0.3, -0.25) is 4.99 Å². The number of amidine groups is 1. The summed E-state index contributed by atoms with van der Waals surface area (Å²) in [5, 5.41) is 0. The molecule has 0 heterocycles. The van der Waals surface area contributed by atoms with Crippen LogP contribution in [0.1, 0.15) is 19.4 Å². The van der Waals surface area contributed by atoms with Crippen LogP contribution in [0.5, 0.6) is 0 Å². The average molecular weight is 213 g/mol. The Morgan fingerprint density at radius 3 is 2.36 bits per heavy atom. The molecule has 0 bridgehead atoms. The molecule has 0 aliphatic carbocycles. The van der Waals surface area contributed by atoms with Gasteiger partial charge in [-0.2, -0.15) is 0 Å². The molecule has 0 saturated carbocycles. The van der Waals surface area contributed by atoms with Gasteiger partial charge in [0.15, 0.2) is 0 Å². The van der Waals surface area contributed by atoms with E-state index >= 15 is 0 Å². The largest absolute Gasteiger partial charge is 0.384 e. The first-order chi connectivity index (χ1) is 6.20. The molecule has 0 radical (unpaired) electrons. The van der Waals surface area contributed by atoms with Crippen LogP contribution < -0.4 is 5.73 Å². The quantitative estimate of drug-likeness (QED) is 0.607. The second-order valence-electron chi connectivity index (χ2n) is 3.49. The van der Waals surface area contributed by atoms with Crippen molar-refractivity contribution in [2.45, 2.75) is 13.8 Å². The third-order valence-corrected chi connectivity index (χ3v) is 1.70. The summed E-state index contributed by atoms with van der Waals surface area (Å²) in [6, 6.07) is 9.84. The van der Waals surface area contributed by atoms with Crippen molar-refractivity contribution in [3.05, 3.63) is 35.9 Å². The van der Waals surface area contributed by atoms with Crippen LogP contribution in [0.15, 0.2) is 35.3 Å². The van der Waals surface area contributed by atoms with Crippen molar-refractivity contribution < 1.29 is 0 Å². The molecule has 2 N–H and O–H groups in total. The topological polar surface area (TPSA) is 38.4 Å². The van der Waals surface area contributed by atoms with Gasteiger partial charge < -0.3 is 5.73 Å². The van der Waals surface area contributed by atoms with E-state index in [4.69, 9.17) is 5.73 Å². The molecule has 2 nitrogen and oxygen atoms in total. The first-order valence-corrected chi connectivity index (χ1v) is 4.55. The number of nitrogens with two attached hydrogens (primary N) is 1. The molecule has 0 aromatic heterocycles. The van der Waals surface area contributed by atoms with Gasteiger partial charge in [0.25, 0.3) is 0 Å². The lowest BCUT2D eigenvalue weighted by molar-refractivity contribution is 0.665. The Bertz CT molecular complexity index is 281. The zero-order valence-corrected chi connectivity index (χ0v) is 9.42. The highest BCUT2D eigenvalue weighted by molar-refractivity contribution is 5.97. The van der Waals surface area contributed by atoms with Gasteiger partial charge in [-0.05, 0) is 5.92 Å². The van der Waals surface area contributed by atoms with Crippen LogP contribution in [0.25, 0.3) is 0 Å². The molecule has 78 valence electrons. The number of benzene rings is 1. The van der Waals surface area contributed by atoms with Crippen LogP contribution in [-0.2, 0) is 0 Å². The van der Waals surface area contributed by atoms with E-state index in [2.05, 4.69) is 18.8 Å². The third-order valence-electron chi connectivity index (χ3n) is 1.70. The Labute approximate surface area is 91.6 Å². The molecule has 0 unspecified atom stereocenters. The highest BCUT2D eigenvalue weighted by Crippen LogP contribution is 1.99. The van der Waals surface area contributed by atoms with Crippen molar-refractivity contribution in [1.29, 1.82) is 0 Å². The van der Waals surface area contributed by atoms with Crippen LogP contribution in [0, 0.1) is 5.92 Å². The molecule has 0 aliphatic rings. The lowest BCUT2D eigenvalue weighted by atomic mass is 10.2. The van der Waals surface area contributed by atoms with E-state index in [1.807, 2.05) is 30.3 Å². The van der Waals surface area contributed by atoms with E-state index in [1.54, 1.807) is 0 Å². The van der Waals surface area contributed by atoms with Crippen molar-refractivity contribution in [2.75, 3.05) is 6.54 Å². The van der Waals surface area contributed by atoms with E-state index in [9.17, 15) is 0 Å². The molecule has 0 aliphatic heterocycles. The second kappa shape index (κ2) is 6.44. The molecule has 0 saturated heterocycles. The first-order valence-electron chi connectivity index (χ1n) is 4.55. The predicted molar refractivity (Wildman–Crippen MR) is 64.1 cm³/mol. The number of aliphatic imine (C=N–C) groups is 1. The summed E-state index contributed by atoms with van der Waals surface area (Å²) < 4.78 is 0. The Morgan fingerprint density at radius 1 is 1.29 bits per heavy atom. The molecule has 3 heteroatoms. The summed E-state index contributed by atoms with van der Waals surface area (Å²) in [5.74, 6) is 1.19. The fraction of sp³-hybridized carbons (Fsp3) is 0.364. The predicted octanol–water partition coefficient (Wildman–Crippen LogP) is 2.47. The fourth-order valence-electron chi connectivity index (χ4n) is 0.981. The summed E-state index contributed by atoms with van der Waals surface area (Å²) in [6.45, 7) is 5.05. The summed E-state index contributed by atoms with van der Waals surface area (Å²) in [5.41, 5.74) is 6.80. The molecule has 0 fully saturated rings. The van der Waals surface area contributed by atoms with Crippen molar-refractivity contribution >= 4 is 18.2 Å². The highest BCUT2D eigenvalue weighted by atomic mass is 35.5. The normalized spacial score (nSPS) is 11.2. The molecular weight excluding hydrogens is 196 g/mol. The van der Waals surface area contributed by atoms with E-state index in [1.165, 1.54) is 0 Å². The summed E-state index contributed by atoms with van der Waals surface area (Å²) in [6.07, 6.45) is 0. The number of halogens is 1. The van der Waals surface area contributed by atoms with Gasteiger partial charge in [-0.1, -0.05) is 44.2 Å². The van der Waals surface area contributed by atoms with E-state index in [-0.39, 0.29) is 12.4 Å². The minimum absolute atomic E-state index is 0. The van der Waals surface area contributed by atoms with Crippen LogP contribution in [-0.4, -0.2) is 12.4 Å². The van der Waals surface area contributed by atoms with Gasteiger partial charge in [-0.25, -0.2) is 0 Å². The lowest BCUT2D eigenvalue weighted by Crippen LogP contribution is -2.14. The van der Waals surface area contributed by atoms with Crippen molar-refractivity contribution in [3.63, 3.8) is 0 Å². The van der Waals surface area contributed by atoms with Crippen molar-refractivity contribution in [1.82, 2.24) is 0 Å². The van der Waals surface area contributed by atoms with Crippen LogP contribution in [0.4, 0.5) is 0 Å². The molecule has 14 heavy (non-hydrogen) atoms. The third kappa shape index (κ3) is 4.28. The van der Waals surface area contributed by atoms with Crippen LogP contribution >= 0.6 is 12.4 Å². The summed E-state index contributed by atoms with van der Waals surface area (Å²) in [4.78, 5) is 4.29. The highest BCUT2D eigenvalue weighted by Gasteiger charge is 1.96. The smallest absolute Gasteiger partial charge is 0.125 e. The van der Waals surface area contributed by atoms with Gasteiger partial charge in [-0.15, -0.1) is 12.4 Å². The number of rotatable bonds is 3. The monoisotopic (exact) mass is 212 g/mol. The molecular formula is C11H17ClN2. The number of hydrogen-bond acceptors (Lipinski definition) is 1. The molecule has 1 aromatic carbocycles. The van der Waals surface area contributed by atoms with Gasteiger partial charge in [0.1, 0.15) is 5.84 Å². The lowest BCUT2D eigenvalue weighted by Gasteiger charge is -2.02.